The SMILES string of the molecule is CNB(Cc1ccccc1)c1nccc(C)c1C(=O)OC(C)(C)C. The molecule has 0 aliphatic carbocycles. The largest absolute Gasteiger partial charge is 0.456 e. The van der Waals surface area contributed by atoms with Gasteiger partial charge in [-0.1, -0.05) is 35.9 Å². The maximum Gasteiger partial charge on any atom is 0.339 e. The number of benzene rings is 1. The molecule has 0 aliphatic heterocycles. The van der Waals surface area contributed by atoms with Crippen LogP contribution in [0, 0.1) is 6.92 Å². The highest BCUT2D eigenvalue weighted by atomic mass is 16.6. The first-order chi connectivity index (χ1) is 11.3. The molecule has 0 aliphatic rings. The lowest BCUT2D eigenvalue weighted by molar-refractivity contribution is 0.00699. The molecule has 5 heteroatoms. The van der Waals surface area contributed by atoms with Gasteiger partial charge in [-0.3, -0.25) is 4.98 Å². The highest BCUT2D eigenvalue weighted by Crippen LogP contribution is 2.14. The van der Waals surface area contributed by atoms with E-state index >= 15 is 0 Å². The minimum atomic E-state index is -0.537. The first-order valence-corrected chi connectivity index (χ1v) is 8.22. The van der Waals surface area contributed by atoms with Gasteiger partial charge < -0.3 is 9.96 Å². The van der Waals surface area contributed by atoms with Crippen molar-refractivity contribution in [2.45, 2.75) is 39.6 Å². The van der Waals surface area contributed by atoms with Crippen molar-refractivity contribution < 1.29 is 9.53 Å². The molecule has 0 radical (unpaired) electrons. The number of nitrogens with zero attached hydrogens (tertiary/aromatic N) is 1. The number of aryl methyl sites for hydroxylation is 1. The molecule has 126 valence electrons. The molecule has 1 N–H and O–H groups in total. The zero-order valence-corrected chi connectivity index (χ0v) is 15.1. The summed E-state index contributed by atoms with van der Waals surface area (Å²) in [5.74, 6) is -0.323. The minimum absolute atomic E-state index is 0.0604. The molecule has 0 amide bonds. The van der Waals surface area contributed by atoms with Gasteiger partial charge in [0.05, 0.1) is 5.56 Å². The number of rotatable bonds is 5. The van der Waals surface area contributed by atoms with Crippen molar-refractivity contribution in [2.24, 2.45) is 0 Å². The zero-order valence-electron chi connectivity index (χ0n) is 15.1. The molecule has 4 nitrogen and oxygen atoms in total. The third kappa shape index (κ3) is 4.68. The van der Waals surface area contributed by atoms with E-state index in [9.17, 15) is 4.79 Å². The van der Waals surface area contributed by atoms with Crippen LogP contribution in [0.5, 0.6) is 0 Å². The maximum absolute atomic E-state index is 12.7. The van der Waals surface area contributed by atoms with Crippen LogP contribution in [0.15, 0.2) is 42.6 Å². The normalized spacial score (nSPS) is 11.2. The Labute approximate surface area is 144 Å². The van der Waals surface area contributed by atoms with Gasteiger partial charge in [-0.05, 0) is 52.7 Å². The molecule has 0 saturated carbocycles. The summed E-state index contributed by atoms with van der Waals surface area (Å²) >= 11 is 0. The van der Waals surface area contributed by atoms with Crippen LogP contribution in [0.3, 0.4) is 0 Å². The van der Waals surface area contributed by atoms with E-state index in [4.69, 9.17) is 4.74 Å². The Hall–Kier alpha value is -2.14. The highest BCUT2D eigenvalue weighted by Gasteiger charge is 2.28. The molecule has 1 aromatic carbocycles. The average molecular weight is 324 g/mol. The number of carbonyl (C=O) groups excluding carboxylic acids is 1. The molecule has 0 bridgehead atoms. The van der Waals surface area contributed by atoms with Crippen molar-refractivity contribution in [1.82, 2.24) is 10.2 Å². The zero-order chi connectivity index (χ0) is 17.7. The molecule has 0 spiro atoms. The molecule has 2 aromatic rings. The summed E-state index contributed by atoms with van der Waals surface area (Å²) in [7, 11) is 1.89. The summed E-state index contributed by atoms with van der Waals surface area (Å²) in [6.45, 7) is 7.47. The number of nitrogens with one attached hydrogen (secondary N) is 1. The van der Waals surface area contributed by atoms with Crippen molar-refractivity contribution in [2.75, 3.05) is 7.05 Å². The number of hydrogen-bond donors (Lipinski definition) is 1. The van der Waals surface area contributed by atoms with E-state index in [0.717, 1.165) is 17.5 Å². The Balaban J connectivity index is 2.37. The van der Waals surface area contributed by atoms with Gasteiger partial charge in [0.1, 0.15) is 5.60 Å². The molecule has 24 heavy (non-hydrogen) atoms. The van der Waals surface area contributed by atoms with Gasteiger partial charge in [0.15, 0.2) is 0 Å². The summed E-state index contributed by atoms with van der Waals surface area (Å²) < 4.78 is 5.58. The number of esters is 1. The fraction of sp³-hybridized carbons (Fsp3) is 0.368. The number of ether oxygens (including phenoxy) is 1. The van der Waals surface area contributed by atoms with Crippen LogP contribution in [-0.2, 0) is 11.1 Å². The first-order valence-electron chi connectivity index (χ1n) is 8.22. The van der Waals surface area contributed by atoms with Crippen LogP contribution in [0.2, 0.25) is 0 Å². The second kappa shape index (κ2) is 7.62. The molecule has 1 heterocycles. The third-order valence-corrected chi connectivity index (χ3v) is 3.75. The van der Waals surface area contributed by atoms with E-state index in [1.807, 2.05) is 59.0 Å². The summed E-state index contributed by atoms with van der Waals surface area (Å²) in [6.07, 6.45) is 2.50. The van der Waals surface area contributed by atoms with Crippen LogP contribution >= 0.6 is 0 Å². The summed E-state index contributed by atoms with van der Waals surface area (Å²) in [5, 5.41) is 3.28. The van der Waals surface area contributed by atoms with Crippen molar-refractivity contribution in [3.05, 3.63) is 59.3 Å². The van der Waals surface area contributed by atoms with Crippen molar-refractivity contribution >= 4 is 18.4 Å². The molecule has 1 aromatic heterocycles. The van der Waals surface area contributed by atoms with E-state index in [0.29, 0.717) is 5.56 Å². The van der Waals surface area contributed by atoms with Gasteiger partial charge in [-0.2, -0.15) is 0 Å². The van der Waals surface area contributed by atoms with E-state index in [2.05, 4.69) is 22.3 Å². The predicted octanol–water partition coefficient (Wildman–Crippen LogP) is 2.55. The average Bonchev–Trinajstić information content (AvgIpc) is 2.51. The Bertz CT molecular complexity index is 696. The van der Waals surface area contributed by atoms with E-state index < -0.39 is 5.60 Å². The molecule has 0 fully saturated rings. The van der Waals surface area contributed by atoms with Gasteiger partial charge in [-0.15, -0.1) is 0 Å². The maximum atomic E-state index is 12.7. The van der Waals surface area contributed by atoms with Crippen molar-refractivity contribution in [3.63, 3.8) is 0 Å². The quantitative estimate of drug-likeness (QED) is 0.678. The van der Waals surface area contributed by atoms with Crippen LogP contribution in [0.4, 0.5) is 0 Å². The monoisotopic (exact) mass is 324 g/mol. The first kappa shape index (κ1) is 18.2. The van der Waals surface area contributed by atoms with E-state index in [1.54, 1.807) is 6.20 Å². The topological polar surface area (TPSA) is 51.2 Å². The molecule has 0 atom stereocenters. The lowest BCUT2D eigenvalue weighted by Crippen LogP contribution is -2.49. The Morgan fingerprint density at radius 2 is 1.88 bits per heavy atom. The summed E-state index contributed by atoms with van der Waals surface area (Å²) in [6, 6.07) is 12.0. The number of hydrogen-bond acceptors (Lipinski definition) is 4. The van der Waals surface area contributed by atoms with Gasteiger partial charge in [0, 0.05) is 11.8 Å². The van der Waals surface area contributed by atoms with Gasteiger partial charge in [-0.25, -0.2) is 4.79 Å². The fourth-order valence-corrected chi connectivity index (χ4v) is 2.62. The number of carbonyl (C=O) groups is 1. The Kier molecular flexibility index (Phi) is 5.78. The van der Waals surface area contributed by atoms with Gasteiger partial charge in [0.2, 0.25) is 0 Å². The van der Waals surface area contributed by atoms with Gasteiger partial charge in [0.25, 0.3) is 6.85 Å². The van der Waals surface area contributed by atoms with Crippen LogP contribution in [0.1, 0.15) is 42.3 Å². The van der Waals surface area contributed by atoms with Crippen molar-refractivity contribution in [3.8, 4) is 0 Å². The summed E-state index contributed by atoms with van der Waals surface area (Å²) in [5.41, 5.74) is 2.82. The number of aromatic nitrogens is 1. The minimum Gasteiger partial charge on any atom is -0.456 e. The molecule has 0 unspecified atom stereocenters. The van der Waals surface area contributed by atoms with Crippen molar-refractivity contribution in [1.29, 1.82) is 0 Å². The van der Waals surface area contributed by atoms with Crippen LogP contribution in [-0.4, -0.2) is 30.4 Å². The smallest absolute Gasteiger partial charge is 0.339 e. The predicted molar refractivity (Wildman–Crippen MR) is 98.7 cm³/mol. The second-order valence-electron chi connectivity index (χ2n) is 6.92. The Morgan fingerprint density at radius 1 is 1.21 bits per heavy atom. The molecular formula is C19H25BN2O2. The second-order valence-corrected chi connectivity index (χ2v) is 6.92. The molecule has 0 saturated heterocycles. The molecular weight excluding hydrogens is 299 g/mol. The third-order valence-electron chi connectivity index (χ3n) is 3.75. The number of pyridine rings is 1. The van der Waals surface area contributed by atoms with Crippen LogP contribution < -0.4 is 10.8 Å². The molecule has 2 rings (SSSR count). The van der Waals surface area contributed by atoms with E-state index in [1.165, 1.54) is 5.56 Å². The lowest BCUT2D eigenvalue weighted by atomic mass is 9.53. The van der Waals surface area contributed by atoms with E-state index in [-0.39, 0.29) is 12.8 Å². The Morgan fingerprint density at radius 3 is 2.46 bits per heavy atom. The standard InChI is InChI=1S/C19H25BN2O2/c1-14-11-12-22-17(16(14)18(23)24-19(2,3)4)20(21-5)13-15-9-7-6-8-10-15/h6-12,21H,13H2,1-5H3. The fourth-order valence-electron chi connectivity index (χ4n) is 2.62. The highest BCUT2D eigenvalue weighted by molar-refractivity contribution is 6.70. The lowest BCUT2D eigenvalue weighted by Gasteiger charge is -2.22. The summed E-state index contributed by atoms with van der Waals surface area (Å²) in [4.78, 5) is 17.2. The van der Waals surface area contributed by atoms with Gasteiger partial charge >= 0.3 is 5.97 Å². The van der Waals surface area contributed by atoms with Crippen LogP contribution in [0.25, 0.3) is 0 Å².